The smallest absolute Gasteiger partial charge is 0.211 e. The average Bonchev–Trinajstić information content (AvgIpc) is 1.97. The second-order valence-electron chi connectivity index (χ2n) is 3.39. The SMILES string of the molecule is C/C(C#N)=C(\C#N)OC(C)(C)C. The van der Waals surface area contributed by atoms with E-state index in [2.05, 4.69) is 0 Å². The molecule has 0 aliphatic carbocycles. The summed E-state index contributed by atoms with van der Waals surface area (Å²) in [4.78, 5) is 0. The Labute approximate surface area is 72.9 Å². The van der Waals surface area contributed by atoms with Gasteiger partial charge in [-0.05, 0) is 27.7 Å². The quantitative estimate of drug-likeness (QED) is 0.440. The summed E-state index contributed by atoms with van der Waals surface area (Å²) in [6.45, 7) is 7.04. The zero-order valence-corrected chi connectivity index (χ0v) is 7.80. The van der Waals surface area contributed by atoms with Crippen molar-refractivity contribution in [1.82, 2.24) is 0 Å². The van der Waals surface area contributed by atoms with Crippen LogP contribution in [0.3, 0.4) is 0 Å². The predicted molar refractivity (Wildman–Crippen MR) is 44.8 cm³/mol. The molecule has 0 fully saturated rings. The molecule has 0 unspecified atom stereocenters. The summed E-state index contributed by atoms with van der Waals surface area (Å²) in [7, 11) is 0. The molecule has 0 aliphatic rings. The molecule has 0 amide bonds. The zero-order chi connectivity index (χ0) is 9.78. The van der Waals surface area contributed by atoms with Crippen molar-refractivity contribution in [3.05, 3.63) is 11.3 Å². The van der Waals surface area contributed by atoms with Crippen LogP contribution in [0.4, 0.5) is 0 Å². The van der Waals surface area contributed by atoms with E-state index in [1.807, 2.05) is 32.9 Å². The van der Waals surface area contributed by atoms with Crippen molar-refractivity contribution in [3.63, 3.8) is 0 Å². The molecular weight excluding hydrogens is 152 g/mol. The van der Waals surface area contributed by atoms with Gasteiger partial charge in [-0.15, -0.1) is 0 Å². The van der Waals surface area contributed by atoms with Gasteiger partial charge in [0, 0.05) is 0 Å². The topological polar surface area (TPSA) is 56.8 Å². The van der Waals surface area contributed by atoms with Crippen LogP contribution < -0.4 is 0 Å². The maximum absolute atomic E-state index is 8.61. The number of nitriles is 2. The van der Waals surface area contributed by atoms with Gasteiger partial charge in [0.2, 0.25) is 5.76 Å². The Morgan fingerprint density at radius 3 is 1.92 bits per heavy atom. The lowest BCUT2D eigenvalue weighted by molar-refractivity contribution is 0.0604. The van der Waals surface area contributed by atoms with Crippen LogP contribution in [0.1, 0.15) is 27.7 Å². The number of hydrogen-bond acceptors (Lipinski definition) is 3. The van der Waals surface area contributed by atoms with Gasteiger partial charge < -0.3 is 4.74 Å². The van der Waals surface area contributed by atoms with Gasteiger partial charge in [0.1, 0.15) is 11.7 Å². The Kier molecular flexibility index (Phi) is 3.31. The highest BCUT2D eigenvalue weighted by Gasteiger charge is 2.15. The molecule has 0 saturated heterocycles. The van der Waals surface area contributed by atoms with Crippen molar-refractivity contribution in [2.75, 3.05) is 0 Å². The fraction of sp³-hybridized carbons (Fsp3) is 0.556. The van der Waals surface area contributed by atoms with E-state index in [-0.39, 0.29) is 5.76 Å². The summed E-state index contributed by atoms with van der Waals surface area (Å²) in [5, 5.41) is 17.1. The first kappa shape index (κ1) is 10.5. The Morgan fingerprint density at radius 2 is 1.67 bits per heavy atom. The van der Waals surface area contributed by atoms with Gasteiger partial charge in [-0.3, -0.25) is 0 Å². The second kappa shape index (κ2) is 3.78. The number of allylic oxidation sites excluding steroid dienone is 2. The van der Waals surface area contributed by atoms with Gasteiger partial charge >= 0.3 is 0 Å². The fourth-order valence-corrected chi connectivity index (χ4v) is 0.540. The zero-order valence-electron chi connectivity index (χ0n) is 7.80. The van der Waals surface area contributed by atoms with Crippen molar-refractivity contribution in [1.29, 1.82) is 10.5 Å². The Bertz CT molecular complexity index is 270. The van der Waals surface area contributed by atoms with E-state index in [1.54, 1.807) is 6.92 Å². The normalized spacial score (nSPS) is 12.5. The van der Waals surface area contributed by atoms with Gasteiger partial charge in [0.25, 0.3) is 0 Å². The predicted octanol–water partition coefficient (Wildman–Crippen LogP) is 2.12. The van der Waals surface area contributed by atoms with Crippen molar-refractivity contribution >= 4 is 0 Å². The van der Waals surface area contributed by atoms with Crippen molar-refractivity contribution < 1.29 is 4.74 Å². The van der Waals surface area contributed by atoms with Crippen molar-refractivity contribution in [2.45, 2.75) is 33.3 Å². The largest absolute Gasteiger partial charge is 0.477 e. The standard InChI is InChI=1S/C9H12N2O/c1-7(5-10)8(6-11)12-9(2,3)4/h1-4H3/b8-7-. The lowest BCUT2D eigenvalue weighted by Crippen LogP contribution is -2.18. The van der Waals surface area contributed by atoms with Crippen LogP contribution in [0, 0.1) is 22.7 Å². The third-order valence-electron chi connectivity index (χ3n) is 1.02. The first-order valence-corrected chi connectivity index (χ1v) is 3.61. The van der Waals surface area contributed by atoms with Gasteiger partial charge in [0.05, 0.1) is 11.6 Å². The van der Waals surface area contributed by atoms with Crippen LogP contribution in [-0.4, -0.2) is 5.60 Å². The monoisotopic (exact) mass is 164 g/mol. The van der Waals surface area contributed by atoms with Crippen LogP contribution in [0.2, 0.25) is 0 Å². The van der Waals surface area contributed by atoms with E-state index in [9.17, 15) is 0 Å². The molecular formula is C9H12N2O. The molecule has 0 aliphatic heterocycles. The molecule has 0 spiro atoms. The fourth-order valence-electron chi connectivity index (χ4n) is 0.540. The van der Waals surface area contributed by atoms with E-state index in [0.29, 0.717) is 5.57 Å². The van der Waals surface area contributed by atoms with Crippen molar-refractivity contribution in [3.8, 4) is 12.1 Å². The summed E-state index contributed by atoms with van der Waals surface area (Å²) in [5.74, 6) is 0.102. The second-order valence-corrected chi connectivity index (χ2v) is 3.39. The van der Waals surface area contributed by atoms with Gasteiger partial charge in [-0.1, -0.05) is 0 Å². The molecule has 64 valence electrons. The molecule has 3 nitrogen and oxygen atoms in total. The van der Waals surface area contributed by atoms with Crippen LogP contribution in [0.25, 0.3) is 0 Å². The minimum Gasteiger partial charge on any atom is -0.477 e. The molecule has 0 saturated carbocycles. The molecule has 0 aromatic heterocycles. The van der Waals surface area contributed by atoms with Crippen LogP contribution in [0.15, 0.2) is 11.3 Å². The minimum absolute atomic E-state index is 0.102. The molecule has 0 atom stereocenters. The molecule has 0 aromatic carbocycles. The van der Waals surface area contributed by atoms with Crippen LogP contribution >= 0.6 is 0 Å². The summed E-state index contributed by atoms with van der Waals surface area (Å²) in [5.41, 5.74) is -0.115. The van der Waals surface area contributed by atoms with E-state index in [0.717, 1.165) is 0 Å². The molecule has 3 heteroatoms. The molecule has 0 rings (SSSR count). The molecule has 12 heavy (non-hydrogen) atoms. The van der Waals surface area contributed by atoms with Gasteiger partial charge in [-0.2, -0.15) is 10.5 Å². The summed E-state index contributed by atoms with van der Waals surface area (Å²) < 4.78 is 5.24. The number of rotatable bonds is 1. The third-order valence-corrected chi connectivity index (χ3v) is 1.02. The number of ether oxygens (including phenoxy) is 1. The third kappa shape index (κ3) is 3.63. The van der Waals surface area contributed by atoms with Crippen LogP contribution in [0.5, 0.6) is 0 Å². The Balaban J connectivity index is 4.68. The van der Waals surface area contributed by atoms with Gasteiger partial charge in [-0.25, -0.2) is 0 Å². The molecule has 0 N–H and O–H groups in total. The minimum atomic E-state index is -0.427. The summed E-state index contributed by atoms with van der Waals surface area (Å²) in [6, 6.07) is 3.71. The van der Waals surface area contributed by atoms with Gasteiger partial charge in [0.15, 0.2) is 0 Å². The van der Waals surface area contributed by atoms with E-state index >= 15 is 0 Å². The van der Waals surface area contributed by atoms with E-state index < -0.39 is 5.60 Å². The summed E-state index contributed by atoms with van der Waals surface area (Å²) in [6.07, 6.45) is 0. The van der Waals surface area contributed by atoms with Crippen molar-refractivity contribution in [2.24, 2.45) is 0 Å². The molecule has 0 heterocycles. The molecule has 0 radical (unpaired) electrons. The summed E-state index contributed by atoms with van der Waals surface area (Å²) >= 11 is 0. The van der Waals surface area contributed by atoms with Crippen LogP contribution in [-0.2, 0) is 4.74 Å². The lowest BCUT2D eigenvalue weighted by atomic mass is 10.2. The van der Waals surface area contributed by atoms with E-state index in [4.69, 9.17) is 15.3 Å². The average molecular weight is 164 g/mol. The Morgan fingerprint density at radius 1 is 1.17 bits per heavy atom. The number of nitrogens with zero attached hydrogens (tertiary/aromatic N) is 2. The number of hydrogen-bond donors (Lipinski definition) is 0. The molecule has 0 aromatic rings. The first-order valence-electron chi connectivity index (χ1n) is 3.61. The molecule has 0 bridgehead atoms. The maximum Gasteiger partial charge on any atom is 0.211 e. The highest BCUT2D eigenvalue weighted by Crippen LogP contribution is 2.15. The Hall–Kier alpha value is -1.48. The maximum atomic E-state index is 8.61. The van der Waals surface area contributed by atoms with E-state index in [1.165, 1.54) is 0 Å². The lowest BCUT2D eigenvalue weighted by Gasteiger charge is -2.20. The highest BCUT2D eigenvalue weighted by atomic mass is 16.5. The highest BCUT2D eigenvalue weighted by molar-refractivity contribution is 5.30. The first-order chi connectivity index (χ1) is 5.40.